The normalized spacial score (nSPS) is 12.7. The van der Waals surface area contributed by atoms with Gasteiger partial charge in [-0.05, 0) is 13.8 Å². The highest BCUT2D eigenvalue weighted by molar-refractivity contribution is 5.77. The van der Waals surface area contributed by atoms with Crippen molar-refractivity contribution in [1.82, 2.24) is 9.80 Å². The Labute approximate surface area is 144 Å². The monoisotopic (exact) mass is 332 g/mol. The lowest BCUT2D eigenvalue weighted by Crippen LogP contribution is -2.39. The molecule has 1 fully saturated rings. The highest BCUT2D eigenvalue weighted by atomic mass is 16.5. The molecule has 1 saturated heterocycles. The third-order valence-corrected chi connectivity index (χ3v) is 3.03. The number of hydrogen-bond acceptors (Lipinski definition) is 3. The van der Waals surface area contributed by atoms with Crippen LogP contribution in [0.4, 0.5) is 0 Å². The Morgan fingerprint density at radius 3 is 1.57 bits per heavy atom. The molecular weight excluding hydrogens is 292 g/mol. The maximum atomic E-state index is 11.2. The van der Waals surface area contributed by atoms with Crippen molar-refractivity contribution >= 4 is 11.8 Å². The standard InChI is InChI=1S/C8H17NO.C6H11NO2.2C2H6/c1-5-9(6-2)8(10)7(3)4;1-6(8)7-2-4-9-5-3-7;2*1-2/h7H,5-6H2,1-4H3;2-5H2,1H3;2*1-2H3. The summed E-state index contributed by atoms with van der Waals surface area (Å²) >= 11 is 0. The Morgan fingerprint density at radius 1 is 1.00 bits per heavy atom. The van der Waals surface area contributed by atoms with E-state index in [2.05, 4.69) is 0 Å². The van der Waals surface area contributed by atoms with Gasteiger partial charge in [0.25, 0.3) is 0 Å². The van der Waals surface area contributed by atoms with Gasteiger partial charge in [-0.2, -0.15) is 0 Å². The molecule has 5 nitrogen and oxygen atoms in total. The molecule has 0 bridgehead atoms. The van der Waals surface area contributed by atoms with Gasteiger partial charge in [0.1, 0.15) is 0 Å². The molecule has 140 valence electrons. The number of carbonyl (C=O) groups is 2. The van der Waals surface area contributed by atoms with E-state index in [1.807, 2.05) is 60.3 Å². The summed E-state index contributed by atoms with van der Waals surface area (Å²) in [5.74, 6) is 0.545. The largest absolute Gasteiger partial charge is 0.378 e. The van der Waals surface area contributed by atoms with Crippen molar-refractivity contribution in [2.24, 2.45) is 5.92 Å². The molecule has 0 aliphatic carbocycles. The fourth-order valence-corrected chi connectivity index (χ4v) is 1.78. The fourth-order valence-electron chi connectivity index (χ4n) is 1.78. The Morgan fingerprint density at radius 2 is 1.39 bits per heavy atom. The van der Waals surface area contributed by atoms with Crippen LogP contribution in [0.5, 0.6) is 0 Å². The number of amides is 2. The van der Waals surface area contributed by atoms with Crippen LogP contribution in [0.25, 0.3) is 0 Å². The summed E-state index contributed by atoms with van der Waals surface area (Å²) in [5.41, 5.74) is 0. The second kappa shape index (κ2) is 18.9. The van der Waals surface area contributed by atoms with Crippen molar-refractivity contribution in [3.05, 3.63) is 0 Å². The summed E-state index contributed by atoms with van der Waals surface area (Å²) in [5, 5.41) is 0. The third kappa shape index (κ3) is 14.2. The Hall–Kier alpha value is -1.10. The summed E-state index contributed by atoms with van der Waals surface area (Å²) in [6, 6.07) is 0. The van der Waals surface area contributed by atoms with Gasteiger partial charge in [0.15, 0.2) is 0 Å². The maximum Gasteiger partial charge on any atom is 0.225 e. The van der Waals surface area contributed by atoms with E-state index in [9.17, 15) is 9.59 Å². The second-order valence-corrected chi connectivity index (χ2v) is 4.78. The molecule has 1 rings (SSSR count). The lowest BCUT2D eigenvalue weighted by Gasteiger charge is -2.25. The van der Waals surface area contributed by atoms with Crippen LogP contribution in [0.3, 0.4) is 0 Å². The van der Waals surface area contributed by atoms with Gasteiger partial charge in [-0.3, -0.25) is 9.59 Å². The van der Waals surface area contributed by atoms with E-state index in [0.717, 1.165) is 26.2 Å². The predicted octanol–water partition coefficient (Wildman–Crippen LogP) is 3.43. The molecule has 1 aliphatic heterocycles. The number of carbonyl (C=O) groups excluding carboxylic acids is 2. The summed E-state index contributed by atoms with van der Waals surface area (Å²) < 4.78 is 5.06. The zero-order chi connectivity index (χ0) is 18.8. The minimum Gasteiger partial charge on any atom is -0.378 e. The van der Waals surface area contributed by atoms with E-state index in [4.69, 9.17) is 4.74 Å². The van der Waals surface area contributed by atoms with E-state index in [0.29, 0.717) is 13.2 Å². The van der Waals surface area contributed by atoms with Gasteiger partial charge in [0.05, 0.1) is 13.2 Å². The fraction of sp³-hybridized carbons (Fsp3) is 0.889. The molecule has 2 amide bonds. The number of ether oxygens (including phenoxy) is 1. The van der Waals surface area contributed by atoms with Gasteiger partial charge in [-0.25, -0.2) is 0 Å². The van der Waals surface area contributed by atoms with Crippen LogP contribution in [0.2, 0.25) is 0 Å². The summed E-state index contributed by atoms with van der Waals surface area (Å²) in [4.78, 5) is 25.5. The van der Waals surface area contributed by atoms with Crippen LogP contribution in [0, 0.1) is 5.92 Å². The molecule has 0 aromatic rings. The molecule has 0 saturated carbocycles. The minimum atomic E-state index is 0.139. The van der Waals surface area contributed by atoms with E-state index in [-0.39, 0.29) is 17.7 Å². The van der Waals surface area contributed by atoms with Crippen molar-refractivity contribution in [3.63, 3.8) is 0 Å². The first-order valence-electron chi connectivity index (χ1n) is 9.06. The molecule has 23 heavy (non-hydrogen) atoms. The lowest BCUT2D eigenvalue weighted by molar-refractivity contribution is -0.134. The molecule has 0 atom stereocenters. The summed E-state index contributed by atoms with van der Waals surface area (Å²) in [7, 11) is 0. The average molecular weight is 333 g/mol. The van der Waals surface area contributed by atoms with E-state index < -0.39 is 0 Å². The zero-order valence-corrected chi connectivity index (χ0v) is 16.9. The van der Waals surface area contributed by atoms with E-state index in [1.54, 1.807) is 11.8 Å². The molecular formula is C18H40N2O3. The molecule has 0 N–H and O–H groups in total. The number of rotatable bonds is 3. The van der Waals surface area contributed by atoms with Crippen molar-refractivity contribution < 1.29 is 14.3 Å². The first-order valence-corrected chi connectivity index (χ1v) is 9.06. The molecule has 0 aromatic carbocycles. The highest BCUT2D eigenvalue weighted by Gasteiger charge is 2.12. The van der Waals surface area contributed by atoms with Crippen molar-refractivity contribution in [2.45, 2.75) is 62.3 Å². The van der Waals surface area contributed by atoms with Gasteiger partial charge < -0.3 is 14.5 Å². The molecule has 0 unspecified atom stereocenters. The third-order valence-electron chi connectivity index (χ3n) is 3.03. The van der Waals surface area contributed by atoms with E-state index in [1.165, 1.54) is 0 Å². The molecule has 1 aliphatic rings. The van der Waals surface area contributed by atoms with Crippen LogP contribution < -0.4 is 0 Å². The summed E-state index contributed by atoms with van der Waals surface area (Å²) in [6.07, 6.45) is 0. The SMILES string of the molecule is CC.CC.CC(=O)N1CCOCC1.CCN(CC)C(=O)C(C)C. The highest BCUT2D eigenvalue weighted by Crippen LogP contribution is 1.99. The van der Waals surface area contributed by atoms with Crippen LogP contribution >= 0.6 is 0 Å². The number of morpholine rings is 1. The topological polar surface area (TPSA) is 49.9 Å². The molecule has 1 heterocycles. The van der Waals surface area contributed by atoms with E-state index >= 15 is 0 Å². The Bertz CT molecular complexity index is 271. The smallest absolute Gasteiger partial charge is 0.225 e. The van der Waals surface area contributed by atoms with Crippen LogP contribution in [0.1, 0.15) is 62.3 Å². The number of nitrogens with zero attached hydrogens (tertiary/aromatic N) is 2. The summed E-state index contributed by atoms with van der Waals surface area (Å²) in [6.45, 7) is 22.0. The van der Waals surface area contributed by atoms with Crippen LogP contribution in [-0.4, -0.2) is 61.0 Å². The van der Waals surface area contributed by atoms with Gasteiger partial charge in [-0.15, -0.1) is 0 Å². The quantitative estimate of drug-likeness (QED) is 0.795. The Balaban J connectivity index is -0.000000286. The van der Waals surface area contributed by atoms with Crippen LogP contribution in [0.15, 0.2) is 0 Å². The number of hydrogen-bond donors (Lipinski definition) is 0. The second-order valence-electron chi connectivity index (χ2n) is 4.78. The van der Waals surface area contributed by atoms with Gasteiger partial charge in [-0.1, -0.05) is 41.5 Å². The van der Waals surface area contributed by atoms with Gasteiger partial charge in [0, 0.05) is 39.0 Å². The van der Waals surface area contributed by atoms with Gasteiger partial charge >= 0.3 is 0 Å². The maximum absolute atomic E-state index is 11.2. The average Bonchev–Trinajstić information content (AvgIpc) is 2.60. The van der Waals surface area contributed by atoms with Crippen molar-refractivity contribution in [1.29, 1.82) is 0 Å². The van der Waals surface area contributed by atoms with Crippen molar-refractivity contribution in [2.75, 3.05) is 39.4 Å². The Kier molecular flexibility index (Phi) is 22.1. The molecule has 0 aromatic heterocycles. The van der Waals surface area contributed by atoms with Gasteiger partial charge in [0.2, 0.25) is 11.8 Å². The first kappa shape index (κ1) is 26.8. The molecule has 5 heteroatoms. The van der Waals surface area contributed by atoms with Crippen LogP contribution in [-0.2, 0) is 14.3 Å². The molecule has 0 spiro atoms. The minimum absolute atomic E-state index is 0.139. The zero-order valence-electron chi connectivity index (χ0n) is 16.9. The molecule has 0 radical (unpaired) electrons. The van der Waals surface area contributed by atoms with Crippen molar-refractivity contribution in [3.8, 4) is 0 Å². The first-order chi connectivity index (χ1) is 10.9. The lowest BCUT2D eigenvalue weighted by atomic mass is 10.2. The predicted molar refractivity (Wildman–Crippen MR) is 98.5 cm³/mol.